The standard InChI is InChI=1S/C14H9ClF2N2O3S/c15-12-7-11(4-5-13(12)22-14(16)17)23(20,21)19-10-3-1-2-9(6-10)8-18/h1-7,14,19H. The Morgan fingerprint density at radius 3 is 2.57 bits per heavy atom. The van der Waals surface area contributed by atoms with Gasteiger partial charge in [0.1, 0.15) is 5.75 Å². The Hall–Kier alpha value is -2.37. The molecule has 0 aliphatic carbocycles. The van der Waals surface area contributed by atoms with E-state index >= 15 is 0 Å². The number of alkyl halides is 2. The number of nitrogens with one attached hydrogen (secondary N) is 1. The third kappa shape index (κ3) is 4.31. The van der Waals surface area contributed by atoms with E-state index in [9.17, 15) is 17.2 Å². The van der Waals surface area contributed by atoms with E-state index in [1.54, 1.807) is 0 Å². The third-order valence-corrected chi connectivity index (χ3v) is 4.35. The molecule has 0 aromatic heterocycles. The Balaban J connectivity index is 2.29. The summed E-state index contributed by atoms with van der Waals surface area (Å²) in [4.78, 5) is -0.230. The molecule has 23 heavy (non-hydrogen) atoms. The number of halogens is 3. The highest BCUT2D eigenvalue weighted by atomic mass is 35.5. The highest BCUT2D eigenvalue weighted by molar-refractivity contribution is 7.92. The van der Waals surface area contributed by atoms with Crippen LogP contribution in [-0.2, 0) is 10.0 Å². The van der Waals surface area contributed by atoms with E-state index in [0.717, 1.165) is 18.2 Å². The van der Waals surface area contributed by atoms with Crippen LogP contribution in [0.25, 0.3) is 0 Å². The molecule has 0 atom stereocenters. The molecule has 1 N–H and O–H groups in total. The van der Waals surface area contributed by atoms with Gasteiger partial charge < -0.3 is 4.74 Å². The molecule has 0 fully saturated rings. The van der Waals surface area contributed by atoms with E-state index < -0.39 is 16.6 Å². The van der Waals surface area contributed by atoms with Gasteiger partial charge in [-0.1, -0.05) is 17.7 Å². The fraction of sp³-hybridized carbons (Fsp3) is 0.0714. The van der Waals surface area contributed by atoms with E-state index in [4.69, 9.17) is 16.9 Å². The lowest BCUT2D eigenvalue weighted by atomic mass is 10.2. The van der Waals surface area contributed by atoms with Gasteiger partial charge >= 0.3 is 6.61 Å². The molecule has 5 nitrogen and oxygen atoms in total. The normalized spacial score (nSPS) is 11.1. The maximum Gasteiger partial charge on any atom is 0.387 e. The zero-order valence-corrected chi connectivity index (χ0v) is 12.9. The molecule has 2 aromatic carbocycles. The van der Waals surface area contributed by atoms with Gasteiger partial charge in [0.2, 0.25) is 0 Å². The van der Waals surface area contributed by atoms with Crippen molar-refractivity contribution in [2.24, 2.45) is 0 Å². The Morgan fingerprint density at radius 1 is 1.22 bits per heavy atom. The van der Waals surface area contributed by atoms with Crippen molar-refractivity contribution >= 4 is 27.3 Å². The van der Waals surface area contributed by atoms with Crippen LogP contribution in [0.2, 0.25) is 5.02 Å². The summed E-state index contributed by atoms with van der Waals surface area (Å²) in [7, 11) is -3.99. The minimum absolute atomic E-state index is 0.188. The second kappa shape index (κ2) is 6.81. The Morgan fingerprint density at radius 2 is 1.96 bits per heavy atom. The molecule has 0 aliphatic rings. The van der Waals surface area contributed by atoms with Gasteiger partial charge in [0.05, 0.1) is 27.2 Å². The molecule has 0 amide bonds. The first-order valence-corrected chi connectivity index (χ1v) is 7.95. The number of ether oxygens (including phenoxy) is 1. The number of benzene rings is 2. The van der Waals surface area contributed by atoms with Gasteiger partial charge in [0.25, 0.3) is 10.0 Å². The summed E-state index contributed by atoms with van der Waals surface area (Å²) < 4.78 is 55.2. The predicted molar refractivity (Wildman–Crippen MR) is 80.0 cm³/mol. The van der Waals surface area contributed by atoms with Crippen molar-refractivity contribution in [1.29, 1.82) is 5.26 Å². The predicted octanol–water partition coefficient (Wildman–Crippen LogP) is 3.61. The third-order valence-electron chi connectivity index (χ3n) is 2.67. The molecule has 0 heterocycles. The first kappa shape index (κ1) is 17.0. The van der Waals surface area contributed by atoms with Gasteiger partial charge in [-0.2, -0.15) is 14.0 Å². The smallest absolute Gasteiger partial charge is 0.387 e. The van der Waals surface area contributed by atoms with E-state index in [2.05, 4.69) is 9.46 Å². The van der Waals surface area contributed by atoms with Crippen LogP contribution < -0.4 is 9.46 Å². The van der Waals surface area contributed by atoms with E-state index in [-0.39, 0.29) is 26.9 Å². The molecule has 0 radical (unpaired) electrons. The Kier molecular flexibility index (Phi) is 5.03. The fourth-order valence-electron chi connectivity index (χ4n) is 1.71. The summed E-state index contributed by atoms with van der Waals surface area (Å²) >= 11 is 5.74. The van der Waals surface area contributed by atoms with Crippen molar-refractivity contribution < 1.29 is 21.9 Å². The second-order valence-corrected chi connectivity index (χ2v) is 6.36. The summed E-state index contributed by atoms with van der Waals surface area (Å²) in [6.07, 6.45) is 0. The maximum absolute atomic E-state index is 12.2. The molecule has 0 bridgehead atoms. The molecular formula is C14H9ClF2N2O3S. The molecule has 0 spiro atoms. The second-order valence-electron chi connectivity index (χ2n) is 4.27. The molecule has 120 valence electrons. The van der Waals surface area contributed by atoms with Gasteiger partial charge in [-0.05, 0) is 36.4 Å². The van der Waals surface area contributed by atoms with Gasteiger partial charge in [0.15, 0.2) is 0 Å². The van der Waals surface area contributed by atoms with Crippen LogP contribution in [0.4, 0.5) is 14.5 Å². The number of rotatable bonds is 5. The van der Waals surface area contributed by atoms with Crippen LogP contribution in [0, 0.1) is 11.3 Å². The summed E-state index contributed by atoms with van der Waals surface area (Å²) in [5.41, 5.74) is 0.469. The fourth-order valence-corrected chi connectivity index (χ4v) is 3.07. The molecule has 0 saturated heterocycles. The highest BCUT2D eigenvalue weighted by Gasteiger charge is 2.17. The number of anilines is 1. The monoisotopic (exact) mass is 358 g/mol. The number of sulfonamides is 1. The average Bonchev–Trinajstić information content (AvgIpc) is 2.48. The van der Waals surface area contributed by atoms with Crippen molar-refractivity contribution in [2.45, 2.75) is 11.5 Å². The topological polar surface area (TPSA) is 79.2 Å². The lowest BCUT2D eigenvalue weighted by Gasteiger charge is -2.11. The van der Waals surface area contributed by atoms with Crippen molar-refractivity contribution in [3.8, 4) is 11.8 Å². The van der Waals surface area contributed by atoms with E-state index in [1.165, 1.54) is 24.3 Å². The lowest BCUT2D eigenvalue weighted by Crippen LogP contribution is -2.13. The van der Waals surface area contributed by atoms with Crippen LogP contribution in [0.1, 0.15) is 5.56 Å². The summed E-state index contributed by atoms with van der Waals surface area (Å²) in [6, 6.07) is 10.9. The zero-order valence-electron chi connectivity index (χ0n) is 11.3. The van der Waals surface area contributed by atoms with Gasteiger partial charge in [0, 0.05) is 0 Å². The molecule has 0 saturated carbocycles. The number of nitriles is 1. The first-order valence-electron chi connectivity index (χ1n) is 6.09. The first-order chi connectivity index (χ1) is 10.8. The molecular weight excluding hydrogens is 350 g/mol. The maximum atomic E-state index is 12.2. The minimum atomic E-state index is -3.99. The number of nitrogens with zero attached hydrogens (tertiary/aromatic N) is 1. The van der Waals surface area contributed by atoms with E-state index in [0.29, 0.717) is 0 Å². The highest BCUT2D eigenvalue weighted by Crippen LogP contribution is 2.29. The number of hydrogen-bond donors (Lipinski definition) is 1. The molecule has 0 unspecified atom stereocenters. The van der Waals surface area contributed by atoms with Crippen molar-refractivity contribution in [1.82, 2.24) is 0 Å². The van der Waals surface area contributed by atoms with Gasteiger partial charge in [-0.15, -0.1) is 0 Å². The summed E-state index contributed by atoms with van der Waals surface area (Å²) in [5.74, 6) is -0.327. The van der Waals surface area contributed by atoms with Crippen LogP contribution in [0.3, 0.4) is 0 Å². The van der Waals surface area contributed by atoms with Gasteiger partial charge in [-0.25, -0.2) is 8.42 Å². The molecule has 9 heteroatoms. The van der Waals surface area contributed by atoms with Crippen LogP contribution >= 0.6 is 11.6 Å². The Bertz CT molecular complexity index is 867. The van der Waals surface area contributed by atoms with Gasteiger partial charge in [-0.3, -0.25) is 4.72 Å². The van der Waals surface area contributed by atoms with Crippen molar-refractivity contribution in [3.63, 3.8) is 0 Å². The molecule has 2 rings (SSSR count). The Labute approximate surface area is 136 Å². The van der Waals surface area contributed by atoms with E-state index in [1.807, 2.05) is 6.07 Å². The van der Waals surface area contributed by atoms with Crippen molar-refractivity contribution in [2.75, 3.05) is 4.72 Å². The average molecular weight is 359 g/mol. The molecule has 0 aliphatic heterocycles. The summed E-state index contributed by atoms with van der Waals surface area (Å²) in [5, 5.41) is 8.53. The largest absolute Gasteiger partial charge is 0.433 e. The zero-order chi connectivity index (χ0) is 17.0. The quantitative estimate of drug-likeness (QED) is 0.885. The summed E-state index contributed by atoms with van der Waals surface area (Å²) in [6.45, 7) is -3.07. The van der Waals surface area contributed by atoms with Crippen LogP contribution in [0.15, 0.2) is 47.4 Å². The molecule has 2 aromatic rings. The van der Waals surface area contributed by atoms with Crippen LogP contribution in [0.5, 0.6) is 5.75 Å². The number of hydrogen-bond acceptors (Lipinski definition) is 4. The SMILES string of the molecule is N#Cc1cccc(NS(=O)(=O)c2ccc(OC(F)F)c(Cl)c2)c1. The minimum Gasteiger partial charge on any atom is -0.433 e. The lowest BCUT2D eigenvalue weighted by molar-refractivity contribution is -0.0498. The van der Waals surface area contributed by atoms with Crippen LogP contribution in [-0.4, -0.2) is 15.0 Å². The van der Waals surface area contributed by atoms with Crippen molar-refractivity contribution in [3.05, 3.63) is 53.1 Å².